The van der Waals surface area contributed by atoms with E-state index in [1.54, 1.807) is 36.4 Å². The van der Waals surface area contributed by atoms with E-state index in [4.69, 9.17) is 0 Å². The number of amides is 2. The second-order valence-electron chi connectivity index (χ2n) is 6.73. The number of aromatic carboxylic acids is 1. The van der Waals surface area contributed by atoms with Crippen LogP contribution >= 0.6 is 0 Å². The van der Waals surface area contributed by atoms with E-state index in [0.717, 1.165) is 5.56 Å². The summed E-state index contributed by atoms with van der Waals surface area (Å²) in [5.41, 5.74) is 1.91. The maximum absolute atomic E-state index is 12.7. The molecule has 152 valence electrons. The van der Waals surface area contributed by atoms with Crippen LogP contribution < -0.4 is 15.7 Å². The van der Waals surface area contributed by atoms with E-state index in [9.17, 15) is 19.5 Å². The number of carboxylic acid groups (broad SMARTS) is 1. The first kappa shape index (κ1) is 20.8. The van der Waals surface area contributed by atoms with Gasteiger partial charge in [0.05, 0.1) is 17.6 Å². The van der Waals surface area contributed by atoms with Gasteiger partial charge in [0.25, 0.3) is 5.91 Å². The average Bonchev–Trinajstić information content (AvgIpc) is 2.75. The van der Waals surface area contributed by atoms with Crippen molar-refractivity contribution >= 4 is 29.2 Å². The minimum absolute atomic E-state index is 0.0961. The molecule has 0 fully saturated rings. The molecule has 0 bridgehead atoms. The first-order chi connectivity index (χ1) is 14.5. The fraction of sp³-hybridized carbons (Fsp3) is 0.125. The number of anilines is 2. The summed E-state index contributed by atoms with van der Waals surface area (Å²) in [6.07, 6.45) is 0.661. The van der Waals surface area contributed by atoms with Gasteiger partial charge >= 0.3 is 0 Å². The maximum Gasteiger partial charge on any atom is 0.255 e. The molecule has 3 rings (SSSR count). The van der Waals surface area contributed by atoms with Gasteiger partial charge in [-0.05, 0) is 42.3 Å². The van der Waals surface area contributed by atoms with Crippen molar-refractivity contribution in [3.63, 3.8) is 0 Å². The van der Waals surface area contributed by atoms with Crippen LogP contribution in [0.25, 0.3) is 0 Å². The summed E-state index contributed by atoms with van der Waals surface area (Å²) in [5, 5.41) is 16.6. The van der Waals surface area contributed by atoms with Crippen molar-refractivity contribution in [1.29, 1.82) is 0 Å². The topological polar surface area (TPSA) is 98.3 Å². The molecule has 3 aromatic carbocycles. The highest BCUT2D eigenvalue weighted by atomic mass is 16.4. The molecule has 0 aliphatic heterocycles. The summed E-state index contributed by atoms with van der Waals surface area (Å²) in [4.78, 5) is 36.3. The molecule has 3 aromatic rings. The average molecular weight is 401 g/mol. The predicted molar refractivity (Wildman–Crippen MR) is 113 cm³/mol. The van der Waals surface area contributed by atoms with E-state index in [1.165, 1.54) is 12.1 Å². The van der Waals surface area contributed by atoms with E-state index in [2.05, 4.69) is 10.6 Å². The molecule has 0 aliphatic rings. The molecule has 0 saturated heterocycles. The van der Waals surface area contributed by atoms with Crippen LogP contribution in [0.4, 0.5) is 11.4 Å². The zero-order chi connectivity index (χ0) is 21.5. The van der Waals surface area contributed by atoms with Gasteiger partial charge in [-0.3, -0.25) is 9.59 Å². The van der Waals surface area contributed by atoms with Crippen LogP contribution in [0, 0.1) is 0 Å². The lowest BCUT2D eigenvalue weighted by atomic mass is 9.95. The largest absolute Gasteiger partial charge is 0.545 e. The summed E-state index contributed by atoms with van der Waals surface area (Å²) in [6.45, 7) is 1.95. The predicted octanol–water partition coefficient (Wildman–Crippen LogP) is 3.43. The zero-order valence-corrected chi connectivity index (χ0v) is 16.4. The van der Waals surface area contributed by atoms with Crippen molar-refractivity contribution in [2.45, 2.75) is 19.3 Å². The Morgan fingerprint density at radius 1 is 0.833 bits per heavy atom. The summed E-state index contributed by atoms with van der Waals surface area (Å²) in [6, 6.07) is 22.0. The number of carbonyl (C=O) groups is 3. The van der Waals surface area contributed by atoms with Crippen LogP contribution in [-0.2, 0) is 4.79 Å². The number of hydrogen-bond acceptors (Lipinski definition) is 4. The van der Waals surface area contributed by atoms with Gasteiger partial charge in [-0.1, -0.05) is 55.5 Å². The molecule has 6 nitrogen and oxygen atoms in total. The van der Waals surface area contributed by atoms with E-state index in [1.807, 2.05) is 37.3 Å². The van der Waals surface area contributed by atoms with Crippen molar-refractivity contribution in [3.8, 4) is 0 Å². The van der Waals surface area contributed by atoms with Crippen LogP contribution in [0.1, 0.15) is 45.5 Å². The highest BCUT2D eigenvalue weighted by Crippen LogP contribution is 2.22. The second-order valence-corrected chi connectivity index (χ2v) is 6.73. The molecule has 0 heterocycles. The van der Waals surface area contributed by atoms with Crippen molar-refractivity contribution in [1.82, 2.24) is 0 Å². The number of para-hydroxylation sites is 1. The highest BCUT2D eigenvalue weighted by Gasteiger charge is 2.18. The van der Waals surface area contributed by atoms with Gasteiger partial charge in [0.2, 0.25) is 5.91 Å². The van der Waals surface area contributed by atoms with E-state index in [-0.39, 0.29) is 23.1 Å². The van der Waals surface area contributed by atoms with Crippen LogP contribution in [0.15, 0.2) is 78.9 Å². The standard InChI is InChI=1S/C24H22N2O4/c1-2-19(16-8-4-3-5-9-16)23(28)25-18-14-12-17(13-15-18)22(27)26-21-11-7-6-10-20(21)24(29)30/h3-15,19H,2H2,1H3,(H,25,28)(H,26,27)(H,29,30)/p-1/t19-/m1/s1. The number of rotatable bonds is 7. The molecule has 0 saturated carbocycles. The normalized spacial score (nSPS) is 11.4. The summed E-state index contributed by atoms with van der Waals surface area (Å²) in [5.74, 6) is -2.22. The fourth-order valence-electron chi connectivity index (χ4n) is 3.16. The van der Waals surface area contributed by atoms with E-state index < -0.39 is 11.9 Å². The van der Waals surface area contributed by atoms with Crippen LogP contribution in [0.5, 0.6) is 0 Å². The Balaban J connectivity index is 1.68. The molecule has 0 aliphatic carbocycles. The number of carboxylic acids is 1. The smallest absolute Gasteiger partial charge is 0.255 e. The lowest BCUT2D eigenvalue weighted by Crippen LogP contribution is -2.24. The van der Waals surface area contributed by atoms with Gasteiger partial charge in [0.1, 0.15) is 0 Å². The van der Waals surface area contributed by atoms with Crippen LogP contribution in [-0.4, -0.2) is 17.8 Å². The molecular formula is C24H21N2O4-. The third kappa shape index (κ3) is 4.91. The maximum atomic E-state index is 12.7. The van der Waals surface area contributed by atoms with Gasteiger partial charge < -0.3 is 20.5 Å². The molecule has 0 spiro atoms. The molecule has 0 aromatic heterocycles. The molecule has 2 amide bonds. The summed E-state index contributed by atoms with van der Waals surface area (Å²) >= 11 is 0. The van der Waals surface area contributed by atoms with Crippen molar-refractivity contribution in [2.24, 2.45) is 0 Å². The monoisotopic (exact) mass is 401 g/mol. The summed E-state index contributed by atoms with van der Waals surface area (Å²) < 4.78 is 0. The Morgan fingerprint density at radius 2 is 1.47 bits per heavy atom. The SMILES string of the molecule is CC[C@@H](C(=O)Nc1ccc(C(=O)Nc2ccccc2C(=O)[O-])cc1)c1ccccc1. The van der Waals surface area contributed by atoms with Crippen molar-refractivity contribution < 1.29 is 19.5 Å². The summed E-state index contributed by atoms with van der Waals surface area (Å²) in [7, 11) is 0. The number of hydrogen-bond donors (Lipinski definition) is 2. The Labute approximate surface area is 174 Å². The quantitative estimate of drug-likeness (QED) is 0.634. The van der Waals surface area contributed by atoms with Gasteiger partial charge in [0, 0.05) is 16.8 Å². The molecule has 0 radical (unpaired) electrons. The van der Waals surface area contributed by atoms with Gasteiger partial charge in [0.15, 0.2) is 0 Å². The number of benzene rings is 3. The van der Waals surface area contributed by atoms with Gasteiger partial charge in [-0.2, -0.15) is 0 Å². The van der Waals surface area contributed by atoms with Crippen LogP contribution in [0.3, 0.4) is 0 Å². The molecule has 0 unspecified atom stereocenters. The van der Waals surface area contributed by atoms with E-state index in [0.29, 0.717) is 17.7 Å². The lowest BCUT2D eigenvalue weighted by Gasteiger charge is -2.16. The van der Waals surface area contributed by atoms with Gasteiger partial charge in [-0.25, -0.2) is 0 Å². The Bertz CT molecular complexity index is 1050. The third-order valence-corrected chi connectivity index (χ3v) is 4.74. The fourth-order valence-corrected chi connectivity index (χ4v) is 3.16. The molecule has 30 heavy (non-hydrogen) atoms. The van der Waals surface area contributed by atoms with Crippen molar-refractivity contribution in [3.05, 3.63) is 95.6 Å². The first-order valence-corrected chi connectivity index (χ1v) is 9.57. The molecular weight excluding hydrogens is 380 g/mol. The molecule has 2 N–H and O–H groups in total. The lowest BCUT2D eigenvalue weighted by molar-refractivity contribution is -0.254. The van der Waals surface area contributed by atoms with E-state index >= 15 is 0 Å². The Kier molecular flexibility index (Phi) is 6.60. The third-order valence-electron chi connectivity index (χ3n) is 4.74. The molecule has 6 heteroatoms. The Hall–Kier alpha value is -3.93. The minimum Gasteiger partial charge on any atom is -0.545 e. The number of nitrogens with one attached hydrogen (secondary N) is 2. The number of carbonyl (C=O) groups excluding carboxylic acids is 3. The zero-order valence-electron chi connectivity index (χ0n) is 16.4. The molecule has 1 atom stereocenters. The first-order valence-electron chi connectivity index (χ1n) is 9.57. The second kappa shape index (κ2) is 9.52. The van der Waals surface area contributed by atoms with Gasteiger partial charge in [-0.15, -0.1) is 0 Å². The van der Waals surface area contributed by atoms with Crippen LogP contribution in [0.2, 0.25) is 0 Å². The highest BCUT2D eigenvalue weighted by molar-refractivity contribution is 6.07. The minimum atomic E-state index is -1.37. The Morgan fingerprint density at radius 3 is 2.10 bits per heavy atom. The van der Waals surface area contributed by atoms with Crippen molar-refractivity contribution in [2.75, 3.05) is 10.6 Å².